The third-order valence-electron chi connectivity index (χ3n) is 6.11. The third kappa shape index (κ3) is 3.77. The number of nitrogens with zero attached hydrogens (tertiary/aromatic N) is 4. The van der Waals surface area contributed by atoms with Crippen molar-refractivity contribution in [3.05, 3.63) is 75.7 Å². The molecular formula is C23H21F3N6O2. The number of fused-ring (bicyclic) bond motifs is 3. The van der Waals surface area contributed by atoms with Crippen LogP contribution in [0.25, 0.3) is 16.6 Å². The summed E-state index contributed by atoms with van der Waals surface area (Å²) in [6.07, 6.45) is 1.15. The number of halogens is 3. The highest BCUT2D eigenvalue weighted by Gasteiger charge is 2.23. The molecule has 11 heteroatoms. The molecule has 5 rings (SSSR count). The first kappa shape index (κ1) is 22.0. The van der Waals surface area contributed by atoms with Gasteiger partial charge in [-0.05, 0) is 18.2 Å². The second kappa shape index (κ2) is 8.49. The van der Waals surface area contributed by atoms with E-state index in [9.17, 15) is 18.4 Å². The predicted octanol–water partition coefficient (Wildman–Crippen LogP) is 2.27. The van der Waals surface area contributed by atoms with Crippen molar-refractivity contribution >= 4 is 28.1 Å². The van der Waals surface area contributed by atoms with Crippen LogP contribution in [0, 0.1) is 17.6 Å². The first-order valence-corrected chi connectivity index (χ1v) is 10.7. The van der Waals surface area contributed by atoms with E-state index >= 15 is 4.39 Å². The number of H-pyrrole nitrogens is 1. The molecule has 1 aliphatic heterocycles. The van der Waals surface area contributed by atoms with Gasteiger partial charge in [-0.2, -0.15) is 4.39 Å². The molecule has 1 fully saturated rings. The maximum Gasteiger partial charge on any atom is 0.272 e. The Labute approximate surface area is 191 Å². The maximum atomic E-state index is 15.3. The zero-order chi connectivity index (χ0) is 24.0. The van der Waals surface area contributed by atoms with Crippen molar-refractivity contribution in [3.8, 4) is 0 Å². The van der Waals surface area contributed by atoms with Crippen LogP contribution in [0.5, 0.6) is 0 Å². The molecule has 0 spiro atoms. The molecule has 0 radical (unpaired) electrons. The molecule has 4 heterocycles. The summed E-state index contributed by atoms with van der Waals surface area (Å²) in [5.74, 6) is -2.31. The number of piperazine rings is 1. The average Bonchev–Trinajstić information content (AvgIpc) is 3.24. The number of aromatic amines is 1. The lowest BCUT2D eigenvalue weighted by Gasteiger charge is -2.36. The highest BCUT2D eigenvalue weighted by molar-refractivity contribution is 5.92. The summed E-state index contributed by atoms with van der Waals surface area (Å²) in [6.45, 7) is 2.38. The van der Waals surface area contributed by atoms with E-state index in [1.165, 1.54) is 23.6 Å². The first-order valence-electron chi connectivity index (χ1n) is 10.7. The number of pyridine rings is 1. The van der Waals surface area contributed by atoms with Crippen molar-refractivity contribution in [2.75, 3.05) is 38.1 Å². The highest BCUT2D eigenvalue weighted by atomic mass is 19.1. The quantitative estimate of drug-likeness (QED) is 0.447. The fourth-order valence-corrected chi connectivity index (χ4v) is 4.34. The van der Waals surface area contributed by atoms with E-state index < -0.39 is 29.0 Å². The maximum absolute atomic E-state index is 15.3. The van der Waals surface area contributed by atoms with Gasteiger partial charge >= 0.3 is 0 Å². The molecule has 0 saturated carbocycles. The zero-order valence-electron chi connectivity index (χ0n) is 18.2. The molecule has 0 unspecified atom stereocenters. The van der Waals surface area contributed by atoms with Crippen LogP contribution in [0.4, 0.5) is 18.9 Å². The lowest BCUT2D eigenvalue weighted by Crippen LogP contribution is -2.46. The Morgan fingerprint density at radius 3 is 2.56 bits per heavy atom. The van der Waals surface area contributed by atoms with Crippen molar-refractivity contribution in [2.45, 2.75) is 6.54 Å². The topological polar surface area (TPSA) is 85.7 Å². The van der Waals surface area contributed by atoms with E-state index in [2.05, 4.69) is 15.3 Å². The number of aromatic nitrogens is 3. The number of carbonyl (C=O) groups is 1. The highest BCUT2D eigenvalue weighted by Crippen LogP contribution is 2.24. The van der Waals surface area contributed by atoms with Gasteiger partial charge in [0.1, 0.15) is 22.5 Å². The second-order valence-electron chi connectivity index (χ2n) is 8.15. The second-order valence-corrected chi connectivity index (χ2v) is 8.15. The number of nitrogens with one attached hydrogen (secondary N) is 2. The Morgan fingerprint density at radius 1 is 1.09 bits per heavy atom. The third-order valence-corrected chi connectivity index (χ3v) is 6.11. The largest absolute Gasteiger partial charge is 0.365 e. The SMILES string of the molecule is CNC(=O)c1ccc(N2CCN(Cc3ccc4c([nH]c(=O)c5cc(F)cn54)c3F)CC2)c(F)n1. The van der Waals surface area contributed by atoms with E-state index in [-0.39, 0.29) is 16.7 Å². The molecule has 1 amide bonds. The molecule has 0 bridgehead atoms. The minimum atomic E-state index is -0.716. The molecule has 2 N–H and O–H groups in total. The molecule has 0 atom stereocenters. The van der Waals surface area contributed by atoms with Crippen LogP contribution in [0.3, 0.4) is 0 Å². The van der Waals surface area contributed by atoms with Gasteiger partial charge in [-0.25, -0.2) is 13.8 Å². The van der Waals surface area contributed by atoms with Crippen LogP contribution in [0.1, 0.15) is 16.1 Å². The number of rotatable bonds is 4. The molecular weight excluding hydrogens is 449 g/mol. The van der Waals surface area contributed by atoms with Gasteiger partial charge in [-0.1, -0.05) is 6.07 Å². The van der Waals surface area contributed by atoms with Gasteiger partial charge in [0.2, 0.25) is 5.95 Å². The van der Waals surface area contributed by atoms with Crippen molar-refractivity contribution in [3.63, 3.8) is 0 Å². The van der Waals surface area contributed by atoms with Crippen molar-refractivity contribution in [1.29, 1.82) is 0 Å². The van der Waals surface area contributed by atoms with Gasteiger partial charge in [0.25, 0.3) is 11.5 Å². The normalized spacial score (nSPS) is 14.8. The number of amides is 1. The van der Waals surface area contributed by atoms with E-state index in [0.717, 1.165) is 12.3 Å². The molecule has 176 valence electrons. The van der Waals surface area contributed by atoms with Gasteiger partial charge in [-0.3, -0.25) is 14.5 Å². The lowest BCUT2D eigenvalue weighted by molar-refractivity contribution is 0.0957. The van der Waals surface area contributed by atoms with Gasteiger partial charge in [0, 0.05) is 57.6 Å². The minimum absolute atomic E-state index is 0.00660. The fourth-order valence-electron chi connectivity index (χ4n) is 4.34. The van der Waals surface area contributed by atoms with E-state index in [1.807, 2.05) is 9.80 Å². The molecule has 4 aromatic rings. The van der Waals surface area contributed by atoms with Gasteiger partial charge in [0.05, 0.1) is 11.2 Å². The number of anilines is 1. The summed E-state index contributed by atoms with van der Waals surface area (Å²) in [6, 6.07) is 7.39. The molecule has 34 heavy (non-hydrogen) atoms. The molecule has 8 nitrogen and oxygen atoms in total. The van der Waals surface area contributed by atoms with Crippen LogP contribution in [-0.4, -0.2) is 58.4 Å². The standard InChI is InChI=1S/C23H21F3N6O2/c1-27-22(33)15-3-5-17(21(26)28-15)31-8-6-30(7-9-31)11-13-2-4-16-20(19(13)25)29-23(34)18-10-14(24)12-32(16)18/h2-5,10,12H,6-9,11H2,1H3,(H,27,33)(H,29,34). The molecule has 3 aromatic heterocycles. The van der Waals surface area contributed by atoms with E-state index in [0.29, 0.717) is 49.5 Å². The van der Waals surface area contributed by atoms with Crippen LogP contribution >= 0.6 is 0 Å². The Balaban J connectivity index is 1.32. The van der Waals surface area contributed by atoms with Crippen LogP contribution in [0.2, 0.25) is 0 Å². The molecule has 0 aliphatic carbocycles. The van der Waals surface area contributed by atoms with Crippen molar-refractivity contribution < 1.29 is 18.0 Å². The monoisotopic (exact) mass is 470 g/mol. The number of carbonyl (C=O) groups excluding carboxylic acids is 1. The smallest absolute Gasteiger partial charge is 0.272 e. The van der Waals surface area contributed by atoms with Crippen molar-refractivity contribution in [2.24, 2.45) is 0 Å². The molecule has 1 aliphatic rings. The van der Waals surface area contributed by atoms with Gasteiger partial charge < -0.3 is 19.6 Å². The summed E-state index contributed by atoms with van der Waals surface area (Å²) in [4.78, 5) is 34.0. The Hall–Kier alpha value is -3.86. The van der Waals surface area contributed by atoms with Gasteiger partial charge in [0.15, 0.2) is 5.82 Å². The Kier molecular flexibility index (Phi) is 5.48. The summed E-state index contributed by atoms with van der Waals surface area (Å²) < 4.78 is 44.7. The molecule has 1 aromatic carbocycles. The number of benzene rings is 1. The first-order chi connectivity index (χ1) is 16.4. The fraction of sp³-hybridized carbons (Fsp3) is 0.261. The summed E-state index contributed by atoms with van der Waals surface area (Å²) in [5.41, 5.74) is 0.641. The lowest BCUT2D eigenvalue weighted by atomic mass is 10.1. The van der Waals surface area contributed by atoms with Crippen LogP contribution in [0.15, 0.2) is 41.3 Å². The Morgan fingerprint density at radius 2 is 1.85 bits per heavy atom. The Bertz CT molecular complexity index is 1470. The van der Waals surface area contributed by atoms with Gasteiger partial charge in [-0.15, -0.1) is 0 Å². The summed E-state index contributed by atoms with van der Waals surface area (Å²) in [7, 11) is 1.45. The minimum Gasteiger partial charge on any atom is -0.365 e. The summed E-state index contributed by atoms with van der Waals surface area (Å²) in [5, 5.41) is 2.41. The average molecular weight is 470 g/mol. The number of hydrogen-bond acceptors (Lipinski definition) is 5. The van der Waals surface area contributed by atoms with Crippen LogP contribution in [-0.2, 0) is 6.54 Å². The molecule has 1 saturated heterocycles. The summed E-state index contributed by atoms with van der Waals surface area (Å²) >= 11 is 0. The number of hydrogen-bond donors (Lipinski definition) is 2. The van der Waals surface area contributed by atoms with Crippen molar-refractivity contribution in [1.82, 2.24) is 24.6 Å². The van der Waals surface area contributed by atoms with E-state index in [1.54, 1.807) is 12.1 Å². The predicted molar refractivity (Wildman–Crippen MR) is 121 cm³/mol. The zero-order valence-corrected chi connectivity index (χ0v) is 18.2. The van der Waals surface area contributed by atoms with E-state index in [4.69, 9.17) is 0 Å². The van der Waals surface area contributed by atoms with Crippen LogP contribution < -0.4 is 15.8 Å².